The smallest absolute Gasteiger partial charge is 0.0459 e. The van der Waals surface area contributed by atoms with E-state index >= 15 is 0 Å². The maximum Gasteiger partial charge on any atom is 0.0459 e. The molecule has 1 aliphatic rings. The largest absolute Gasteiger partial charge is 0.308 e. The summed E-state index contributed by atoms with van der Waals surface area (Å²) >= 11 is 1.84. The van der Waals surface area contributed by atoms with Crippen LogP contribution in [0.3, 0.4) is 0 Å². The third kappa shape index (κ3) is 2.38. The van der Waals surface area contributed by atoms with Crippen LogP contribution in [-0.4, -0.2) is 12.4 Å². The molecular weight excluding hydrogens is 118 g/mol. The summed E-state index contributed by atoms with van der Waals surface area (Å²) < 4.78 is 0. The van der Waals surface area contributed by atoms with E-state index in [4.69, 9.17) is 0 Å². The SMILES string of the molecule is C1=C\SCNCCC/1. The zero-order valence-electron chi connectivity index (χ0n) is 4.89. The Kier molecular flexibility index (Phi) is 3.07. The van der Waals surface area contributed by atoms with Crippen LogP contribution in [-0.2, 0) is 0 Å². The van der Waals surface area contributed by atoms with Crippen LogP contribution in [0.2, 0.25) is 0 Å². The molecule has 2 heteroatoms. The lowest BCUT2D eigenvalue weighted by Crippen LogP contribution is -2.14. The fourth-order valence-electron chi connectivity index (χ4n) is 0.660. The summed E-state index contributed by atoms with van der Waals surface area (Å²) in [5.74, 6) is 1.08. The molecule has 0 amide bonds. The van der Waals surface area contributed by atoms with E-state index < -0.39 is 0 Å². The molecule has 0 aromatic rings. The molecule has 1 nitrogen and oxygen atoms in total. The molecule has 46 valence electrons. The third-order valence-corrected chi connectivity index (χ3v) is 1.86. The molecule has 0 unspecified atom stereocenters. The second-order valence-corrected chi connectivity index (χ2v) is 2.72. The molecule has 0 fully saturated rings. The van der Waals surface area contributed by atoms with E-state index in [1.165, 1.54) is 19.4 Å². The van der Waals surface area contributed by atoms with Crippen LogP contribution in [0.25, 0.3) is 0 Å². The molecule has 0 radical (unpaired) electrons. The van der Waals surface area contributed by atoms with E-state index in [1.807, 2.05) is 11.8 Å². The number of hydrogen-bond acceptors (Lipinski definition) is 2. The molecule has 0 aromatic carbocycles. The zero-order chi connectivity index (χ0) is 5.66. The van der Waals surface area contributed by atoms with Crippen molar-refractivity contribution in [2.24, 2.45) is 0 Å². The molecule has 1 rings (SSSR count). The van der Waals surface area contributed by atoms with Gasteiger partial charge in [-0.1, -0.05) is 6.08 Å². The molecule has 0 aliphatic carbocycles. The molecule has 0 spiro atoms. The molecule has 0 atom stereocenters. The van der Waals surface area contributed by atoms with Gasteiger partial charge >= 0.3 is 0 Å². The molecule has 1 heterocycles. The van der Waals surface area contributed by atoms with Crippen LogP contribution >= 0.6 is 11.8 Å². The Morgan fingerprint density at radius 3 is 3.50 bits per heavy atom. The summed E-state index contributed by atoms with van der Waals surface area (Å²) in [5.41, 5.74) is 0. The maximum absolute atomic E-state index is 3.30. The number of nitrogens with one attached hydrogen (secondary N) is 1. The predicted octanol–water partition coefficient (Wildman–Crippen LogP) is 1.57. The minimum Gasteiger partial charge on any atom is -0.308 e. The van der Waals surface area contributed by atoms with Crippen molar-refractivity contribution in [1.82, 2.24) is 5.32 Å². The van der Waals surface area contributed by atoms with Crippen molar-refractivity contribution in [2.45, 2.75) is 12.8 Å². The van der Waals surface area contributed by atoms with Crippen molar-refractivity contribution < 1.29 is 0 Å². The number of rotatable bonds is 0. The Balaban J connectivity index is 2.17. The summed E-state index contributed by atoms with van der Waals surface area (Å²) in [6, 6.07) is 0. The molecule has 0 saturated carbocycles. The summed E-state index contributed by atoms with van der Waals surface area (Å²) in [6.45, 7) is 1.18. The topological polar surface area (TPSA) is 12.0 Å². The van der Waals surface area contributed by atoms with Gasteiger partial charge < -0.3 is 5.32 Å². The Morgan fingerprint density at radius 2 is 2.50 bits per heavy atom. The van der Waals surface area contributed by atoms with E-state index in [0.717, 1.165) is 5.88 Å². The van der Waals surface area contributed by atoms with Crippen molar-refractivity contribution in [2.75, 3.05) is 12.4 Å². The lowest BCUT2D eigenvalue weighted by atomic mass is 10.3. The monoisotopic (exact) mass is 129 g/mol. The fraction of sp³-hybridized carbons (Fsp3) is 0.667. The zero-order valence-corrected chi connectivity index (χ0v) is 5.71. The number of thioether (sulfide) groups is 1. The first-order valence-electron chi connectivity index (χ1n) is 2.97. The van der Waals surface area contributed by atoms with Gasteiger partial charge in [-0.3, -0.25) is 0 Å². The lowest BCUT2D eigenvalue weighted by Gasteiger charge is -2.02. The lowest BCUT2D eigenvalue weighted by molar-refractivity contribution is 0.721. The summed E-state index contributed by atoms with van der Waals surface area (Å²) in [4.78, 5) is 0. The highest BCUT2D eigenvalue weighted by Crippen LogP contribution is 2.03. The molecule has 1 aliphatic heterocycles. The minimum absolute atomic E-state index is 1.08. The van der Waals surface area contributed by atoms with Crippen LogP contribution in [0.1, 0.15) is 12.8 Å². The minimum atomic E-state index is 1.08. The van der Waals surface area contributed by atoms with Crippen molar-refractivity contribution in [3.8, 4) is 0 Å². The van der Waals surface area contributed by atoms with E-state index in [1.54, 1.807) is 0 Å². The van der Waals surface area contributed by atoms with Gasteiger partial charge in [-0.05, 0) is 24.8 Å². The average molecular weight is 129 g/mol. The van der Waals surface area contributed by atoms with Crippen molar-refractivity contribution in [3.63, 3.8) is 0 Å². The van der Waals surface area contributed by atoms with Crippen molar-refractivity contribution in [1.29, 1.82) is 0 Å². The molecule has 1 N–H and O–H groups in total. The van der Waals surface area contributed by atoms with Gasteiger partial charge in [-0.25, -0.2) is 0 Å². The summed E-state index contributed by atoms with van der Waals surface area (Å²) in [6.07, 6.45) is 4.77. The first-order valence-corrected chi connectivity index (χ1v) is 4.02. The Morgan fingerprint density at radius 1 is 1.50 bits per heavy atom. The van der Waals surface area contributed by atoms with Gasteiger partial charge in [0.15, 0.2) is 0 Å². The van der Waals surface area contributed by atoms with Crippen LogP contribution in [0.15, 0.2) is 11.5 Å². The number of hydrogen-bond donors (Lipinski definition) is 1. The normalized spacial score (nSPS) is 26.0. The highest BCUT2D eigenvalue weighted by Gasteiger charge is 1.88. The van der Waals surface area contributed by atoms with Gasteiger partial charge in [0, 0.05) is 5.88 Å². The third-order valence-electron chi connectivity index (χ3n) is 1.10. The molecule has 8 heavy (non-hydrogen) atoms. The van der Waals surface area contributed by atoms with E-state index in [2.05, 4.69) is 16.8 Å². The van der Waals surface area contributed by atoms with Gasteiger partial charge in [-0.2, -0.15) is 0 Å². The Hall–Kier alpha value is 0.0500. The summed E-state index contributed by atoms with van der Waals surface area (Å²) in [7, 11) is 0. The van der Waals surface area contributed by atoms with Gasteiger partial charge in [0.2, 0.25) is 0 Å². The molecular formula is C6H11NS. The standard InChI is InChI=1S/C6H11NS/c1-2-4-7-6-8-5-3-1/h3,5,7H,1-2,4,6H2/b5-3-. The maximum atomic E-state index is 3.30. The van der Waals surface area contributed by atoms with Gasteiger partial charge in [-0.15, -0.1) is 11.8 Å². The van der Waals surface area contributed by atoms with Crippen molar-refractivity contribution >= 4 is 11.8 Å². The highest BCUT2D eigenvalue weighted by molar-refractivity contribution is 8.02. The van der Waals surface area contributed by atoms with E-state index in [9.17, 15) is 0 Å². The Labute approximate surface area is 54.5 Å². The Bertz CT molecular complexity index is 70.6. The second-order valence-electron chi connectivity index (χ2n) is 1.83. The highest BCUT2D eigenvalue weighted by atomic mass is 32.2. The average Bonchev–Trinajstić information content (AvgIpc) is 1.62. The van der Waals surface area contributed by atoms with E-state index in [-0.39, 0.29) is 0 Å². The van der Waals surface area contributed by atoms with Crippen LogP contribution in [0.5, 0.6) is 0 Å². The van der Waals surface area contributed by atoms with Crippen LogP contribution in [0, 0.1) is 0 Å². The second kappa shape index (κ2) is 3.98. The first kappa shape index (κ1) is 6.17. The van der Waals surface area contributed by atoms with Gasteiger partial charge in [0.25, 0.3) is 0 Å². The van der Waals surface area contributed by atoms with Gasteiger partial charge in [0.05, 0.1) is 0 Å². The summed E-state index contributed by atoms with van der Waals surface area (Å²) in [5, 5.41) is 5.47. The fourth-order valence-corrected chi connectivity index (χ4v) is 1.29. The van der Waals surface area contributed by atoms with E-state index in [0.29, 0.717) is 0 Å². The van der Waals surface area contributed by atoms with Gasteiger partial charge in [0.1, 0.15) is 0 Å². The molecule has 0 aromatic heterocycles. The predicted molar refractivity (Wildman–Crippen MR) is 38.8 cm³/mol. The molecule has 0 bridgehead atoms. The molecule has 0 saturated heterocycles. The van der Waals surface area contributed by atoms with Crippen LogP contribution in [0.4, 0.5) is 0 Å². The first-order chi connectivity index (χ1) is 4.00. The quantitative estimate of drug-likeness (QED) is 0.533. The van der Waals surface area contributed by atoms with Crippen LogP contribution < -0.4 is 5.32 Å². The number of allylic oxidation sites excluding steroid dienone is 1. The van der Waals surface area contributed by atoms with Crippen molar-refractivity contribution in [3.05, 3.63) is 11.5 Å².